The first-order valence-electron chi connectivity index (χ1n) is 2.85. The fourth-order valence-corrected chi connectivity index (χ4v) is 0. The fourth-order valence-electron chi connectivity index (χ4n) is 0. The molecular weight excluding hydrogens is 163 g/mol. The van der Waals surface area contributed by atoms with Gasteiger partial charge in [-0.25, -0.2) is 0 Å². The van der Waals surface area contributed by atoms with Crippen LogP contribution in [-0.4, -0.2) is 13.1 Å². The molecule has 0 heterocycles. The van der Waals surface area contributed by atoms with E-state index >= 15 is 0 Å². The smallest absolute Gasteiger partial charge is 0.418 e. The van der Waals surface area contributed by atoms with Crippen LogP contribution >= 0.6 is 0 Å². The highest BCUT2D eigenvalue weighted by Crippen LogP contribution is 2.06. The van der Waals surface area contributed by atoms with E-state index in [1.54, 1.807) is 0 Å². The second kappa shape index (κ2) is 4.98. The molecule has 0 aliphatic carbocycles. The maximum absolute atomic E-state index is 9.75. The standard InChI is InChI=1S/C4H10N2.BF4/c1-3(2)4(5)6;2-1(3,4)5/h3H,1-2H3,(H3,5,6);/q;-1. The molecule has 0 bridgehead atoms. The third kappa shape index (κ3) is 46.0. The molecule has 3 N–H and O–H groups in total. The second-order valence-corrected chi connectivity index (χ2v) is 2.10. The van der Waals surface area contributed by atoms with E-state index in [1.165, 1.54) is 0 Å². The summed E-state index contributed by atoms with van der Waals surface area (Å²) in [5.74, 6) is 0.472. The topological polar surface area (TPSA) is 49.9 Å². The molecule has 0 saturated heterocycles. The summed E-state index contributed by atoms with van der Waals surface area (Å²) < 4.78 is 39.0. The van der Waals surface area contributed by atoms with Crippen molar-refractivity contribution in [1.82, 2.24) is 0 Å². The molecule has 0 radical (unpaired) electrons. The SMILES string of the molecule is CC(C)C(=N)N.F[B-](F)(F)F. The van der Waals surface area contributed by atoms with E-state index in [0.717, 1.165) is 0 Å². The first-order valence-corrected chi connectivity index (χ1v) is 2.85. The maximum atomic E-state index is 9.75. The van der Waals surface area contributed by atoms with Gasteiger partial charge in [0.15, 0.2) is 0 Å². The number of rotatable bonds is 1. The Labute approximate surface area is 62.4 Å². The zero-order valence-electron chi connectivity index (χ0n) is 6.24. The van der Waals surface area contributed by atoms with Gasteiger partial charge in [-0.3, -0.25) is 5.41 Å². The molecule has 0 aliphatic heterocycles. The van der Waals surface area contributed by atoms with Crippen LogP contribution in [-0.2, 0) is 0 Å². The Morgan fingerprint density at radius 2 is 1.36 bits per heavy atom. The Bertz CT molecular complexity index is 116. The molecule has 0 fully saturated rings. The third-order valence-electron chi connectivity index (χ3n) is 0.622. The van der Waals surface area contributed by atoms with Gasteiger partial charge in [-0.15, -0.1) is 0 Å². The van der Waals surface area contributed by atoms with Crippen LogP contribution in [0.1, 0.15) is 13.8 Å². The molecule has 0 aromatic carbocycles. The van der Waals surface area contributed by atoms with Gasteiger partial charge in [0.25, 0.3) is 0 Å². The van der Waals surface area contributed by atoms with Crippen molar-refractivity contribution in [2.45, 2.75) is 13.8 Å². The van der Waals surface area contributed by atoms with E-state index in [2.05, 4.69) is 0 Å². The number of halogens is 4. The van der Waals surface area contributed by atoms with Crippen molar-refractivity contribution >= 4 is 13.1 Å². The highest BCUT2D eigenvalue weighted by Gasteiger charge is 2.20. The molecule has 0 saturated carbocycles. The van der Waals surface area contributed by atoms with Crippen molar-refractivity contribution in [3.63, 3.8) is 0 Å². The first kappa shape index (κ1) is 12.9. The molecule has 0 aliphatic rings. The van der Waals surface area contributed by atoms with Crippen LogP contribution in [0.2, 0.25) is 0 Å². The summed E-state index contributed by atoms with van der Waals surface area (Å²) in [5, 5.41) is 6.73. The Kier molecular flexibility index (Phi) is 5.83. The summed E-state index contributed by atoms with van der Waals surface area (Å²) in [6.07, 6.45) is 0. The molecule has 0 rings (SSSR count). The van der Waals surface area contributed by atoms with Gasteiger partial charge in [0.1, 0.15) is 0 Å². The number of amidine groups is 1. The highest BCUT2D eigenvalue weighted by atomic mass is 19.5. The number of hydrogen-bond acceptors (Lipinski definition) is 1. The Balaban J connectivity index is 0. The minimum absolute atomic E-state index is 0.213. The van der Waals surface area contributed by atoms with E-state index in [0.29, 0.717) is 0 Å². The first-order chi connectivity index (χ1) is 4.64. The molecule has 0 spiro atoms. The number of nitrogens with one attached hydrogen (secondary N) is 1. The molecule has 0 aromatic rings. The van der Waals surface area contributed by atoms with Crippen LogP contribution in [0, 0.1) is 11.3 Å². The van der Waals surface area contributed by atoms with Crippen LogP contribution in [0.5, 0.6) is 0 Å². The quantitative estimate of drug-likeness (QED) is 0.270. The summed E-state index contributed by atoms with van der Waals surface area (Å²) in [5.41, 5.74) is 5.02. The number of hydrogen-bond donors (Lipinski definition) is 2. The monoisotopic (exact) mass is 173 g/mol. The predicted molar refractivity (Wildman–Crippen MR) is 36.9 cm³/mol. The van der Waals surface area contributed by atoms with Crippen molar-refractivity contribution in [3.05, 3.63) is 0 Å². The summed E-state index contributed by atoms with van der Waals surface area (Å²) in [7, 11) is -6.00. The fraction of sp³-hybridized carbons (Fsp3) is 0.750. The molecule has 0 atom stereocenters. The molecule has 7 heteroatoms. The van der Waals surface area contributed by atoms with Gasteiger partial charge < -0.3 is 23.0 Å². The van der Waals surface area contributed by atoms with Crippen molar-refractivity contribution in [3.8, 4) is 0 Å². The van der Waals surface area contributed by atoms with Crippen molar-refractivity contribution < 1.29 is 17.3 Å². The van der Waals surface area contributed by atoms with E-state index in [-0.39, 0.29) is 11.8 Å². The third-order valence-corrected chi connectivity index (χ3v) is 0.622. The lowest BCUT2D eigenvalue weighted by molar-refractivity contribution is 0.368. The maximum Gasteiger partial charge on any atom is 0.673 e. The molecule has 0 unspecified atom stereocenters. The Morgan fingerprint density at radius 1 is 1.27 bits per heavy atom. The minimum Gasteiger partial charge on any atom is -0.418 e. The molecule has 68 valence electrons. The van der Waals surface area contributed by atoms with Gasteiger partial charge >= 0.3 is 7.25 Å². The van der Waals surface area contributed by atoms with Gasteiger partial charge in [-0.05, 0) is 0 Å². The average molecular weight is 173 g/mol. The van der Waals surface area contributed by atoms with E-state index in [1.807, 2.05) is 13.8 Å². The van der Waals surface area contributed by atoms with Gasteiger partial charge in [0, 0.05) is 5.92 Å². The van der Waals surface area contributed by atoms with Gasteiger partial charge in [0.2, 0.25) is 0 Å². The van der Waals surface area contributed by atoms with Crippen molar-refractivity contribution in [2.24, 2.45) is 11.7 Å². The van der Waals surface area contributed by atoms with Crippen LogP contribution < -0.4 is 5.73 Å². The minimum atomic E-state index is -6.00. The molecular formula is C4H10BF4N2-. The van der Waals surface area contributed by atoms with Crippen LogP contribution in [0.4, 0.5) is 17.3 Å². The molecule has 0 amide bonds. The Morgan fingerprint density at radius 3 is 1.36 bits per heavy atom. The van der Waals surface area contributed by atoms with E-state index in [4.69, 9.17) is 11.1 Å². The summed E-state index contributed by atoms with van der Waals surface area (Å²) in [6, 6.07) is 0. The zero-order valence-corrected chi connectivity index (χ0v) is 6.24. The lowest BCUT2D eigenvalue weighted by Gasteiger charge is -1.95. The van der Waals surface area contributed by atoms with E-state index in [9.17, 15) is 17.3 Å². The summed E-state index contributed by atoms with van der Waals surface area (Å²) in [4.78, 5) is 0. The molecule has 11 heavy (non-hydrogen) atoms. The molecule has 0 aromatic heterocycles. The lowest BCUT2D eigenvalue weighted by atomic mass is 10.2. The van der Waals surface area contributed by atoms with Crippen molar-refractivity contribution in [2.75, 3.05) is 0 Å². The number of nitrogens with two attached hydrogens (primary N) is 1. The predicted octanol–water partition coefficient (Wildman–Crippen LogP) is 1.88. The Hall–Kier alpha value is -0.745. The zero-order chi connectivity index (χ0) is 9.65. The van der Waals surface area contributed by atoms with Gasteiger partial charge in [-0.2, -0.15) is 0 Å². The average Bonchev–Trinajstić information content (AvgIpc) is 1.59. The highest BCUT2D eigenvalue weighted by molar-refractivity contribution is 6.50. The summed E-state index contributed by atoms with van der Waals surface area (Å²) in [6.45, 7) is 3.78. The lowest BCUT2D eigenvalue weighted by Crippen LogP contribution is -2.16. The van der Waals surface area contributed by atoms with Gasteiger partial charge in [-0.1, -0.05) is 13.8 Å². The molecule has 2 nitrogen and oxygen atoms in total. The summed E-state index contributed by atoms with van der Waals surface area (Å²) >= 11 is 0. The van der Waals surface area contributed by atoms with Crippen LogP contribution in [0.15, 0.2) is 0 Å². The van der Waals surface area contributed by atoms with Crippen LogP contribution in [0.25, 0.3) is 0 Å². The van der Waals surface area contributed by atoms with Crippen molar-refractivity contribution in [1.29, 1.82) is 5.41 Å². The van der Waals surface area contributed by atoms with Crippen LogP contribution in [0.3, 0.4) is 0 Å². The second-order valence-electron chi connectivity index (χ2n) is 2.10. The van der Waals surface area contributed by atoms with Gasteiger partial charge in [0.05, 0.1) is 5.84 Å². The normalized spacial score (nSPS) is 10.5. The largest absolute Gasteiger partial charge is 0.673 e. The van der Waals surface area contributed by atoms with E-state index < -0.39 is 7.25 Å².